The molecule has 0 unspecified atom stereocenters. The number of nitrogens with zero attached hydrogens (tertiary/aromatic N) is 1. The van der Waals surface area contributed by atoms with E-state index >= 15 is 0 Å². The van der Waals surface area contributed by atoms with Gasteiger partial charge in [-0.2, -0.15) is 0 Å². The summed E-state index contributed by atoms with van der Waals surface area (Å²) in [5.74, 6) is 0. The minimum absolute atomic E-state index is 0.611. The van der Waals surface area contributed by atoms with E-state index < -0.39 is 0 Å². The van der Waals surface area contributed by atoms with Crippen molar-refractivity contribution in [2.75, 3.05) is 0 Å². The fourth-order valence-corrected chi connectivity index (χ4v) is 3.10. The van der Waals surface area contributed by atoms with Gasteiger partial charge in [0.25, 0.3) is 0 Å². The van der Waals surface area contributed by atoms with E-state index in [0.717, 1.165) is 0 Å². The Morgan fingerprint density at radius 3 is 2.70 bits per heavy atom. The van der Waals surface area contributed by atoms with E-state index in [-0.39, 0.29) is 0 Å². The van der Waals surface area contributed by atoms with Gasteiger partial charge in [-0.05, 0) is 4.66 Å². The van der Waals surface area contributed by atoms with E-state index in [2.05, 4.69) is 10.4 Å². The quantitative estimate of drug-likeness (QED) is 0.498. The Morgan fingerprint density at radius 1 is 1.60 bits per heavy atom. The van der Waals surface area contributed by atoms with Crippen LogP contribution in [0.2, 0.25) is 6.04 Å². The van der Waals surface area contributed by atoms with Gasteiger partial charge in [-0.3, -0.25) is 0 Å². The maximum absolute atomic E-state index is 4.37. The van der Waals surface area contributed by atoms with Crippen molar-refractivity contribution >= 4 is 42.1 Å². The molecular formula is C5H13NSSi3. The van der Waals surface area contributed by atoms with Crippen molar-refractivity contribution < 1.29 is 0 Å². The van der Waals surface area contributed by atoms with Crippen LogP contribution in [0.15, 0.2) is 11.6 Å². The third-order valence-electron chi connectivity index (χ3n) is 1.90. The van der Waals surface area contributed by atoms with Crippen LogP contribution in [-0.2, 0) is 4.66 Å². The summed E-state index contributed by atoms with van der Waals surface area (Å²) in [5, 5.41) is 3.50. The van der Waals surface area contributed by atoms with Crippen LogP contribution in [0.5, 0.6) is 0 Å². The van der Waals surface area contributed by atoms with Crippen molar-refractivity contribution in [1.29, 1.82) is 0 Å². The van der Waals surface area contributed by atoms with E-state index in [1.54, 1.807) is 0 Å². The topological polar surface area (TPSA) is 12.9 Å². The molecule has 0 spiro atoms. The minimum atomic E-state index is 0.611. The Bertz CT molecular complexity index is 197. The zero-order valence-electron chi connectivity index (χ0n) is 6.72. The third kappa shape index (κ3) is 1.66. The van der Waals surface area contributed by atoms with Crippen LogP contribution in [0.1, 0.15) is 5.01 Å². The molecule has 0 radical (unpaired) electrons. The Balaban J connectivity index is 2.85. The predicted molar refractivity (Wildman–Crippen MR) is 58.4 cm³/mol. The number of thiazole rings is 1. The molecule has 0 N–H and O–H groups in total. The predicted octanol–water partition coefficient (Wildman–Crippen LogP) is -2.19. The molecule has 1 heterocycles. The number of hydrogen-bond acceptors (Lipinski definition) is 2. The number of hydrogen-bond donors (Lipinski definition) is 0. The summed E-state index contributed by atoms with van der Waals surface area (Å²) in [7, 11) is 3.92. The second-order valence-electron chi connectivity index (χ2n) is 3.07. The summed E-state index contributed by atoms with van der Waals surface area (Å²) in [6, 6.07) is 1.42. The SMILES string of the molecule is [SiH3]CC([SiH3])([SiH3])c1nccs1. The lowest BCUT2D eigenvalue weighted by Crippen LogP contribution is -2.25. The van der Waals surface area contributed by atoms with Gasteiger partial charge < -0.3 is 0 Å². The summed E-state index contributed by atoms with van der Waals surface area (Å²) in [4.78, 5) is 4.37. The highest BCUT2D eigenvalue weighted by Crippen LogP contribution is 2.21. The van der Waals surface area contributed by atoms with Gasteiger partial charge in [0.15, 0.2) is 0 Å². The van der Waals surface area contributed by atoms with Crippen LogP contribution >= 0.6 is 11.3 Å². The summed E-state index contributed by atoms with van der Waals surface area (Å²) < 4.78 is 0.611. The molecule has 0 aliphatic carbocycles. The first kappa shape index (κ1) is 8.38. The third-order valence-corrected chi connectivity index (χ3v) is 10.7. The second-order valence-corrected chi connectivity index (χ2v) is 11.1. The van der Waals surface area contributed by atoms with Crippen LogP contribution < -0.4 is 0 Å². The zero-order valence-corrected chi connectivity index (χ0v) is 13.5. The summed E-state index contributed by atoms with van der Waals surface area (Å²) >= 11 is 1.83. The molecule has 0 aliphatic rings. The van der Waals surface area contributed by atoms with Gasteiger partial charge in [0.05, 0.1) is 5.01 Å². The van der Waals surface area contributed by atoms with Gasteiger partial charge in [0.1, 0.15) is 0 Å². The average molecular weight is 203 g/mol. The van der Waals surface area contributed by atoms with Crippen LogP contribution in [0, 0.1) is 0 Å². The van der Waals surface area contributed by atoms with Gasteiger partial charge in [-0.25, -0.2) is 4.98 Å². The van der Waals surface area contributed by atoms with Crippen LogP contribution in [0.3, 0.4) is 0 Å². The minimum Gasteiger partial charge on any atom is -0.250 e. The number of rotatable bonds is 2. The smallest absolute Gasteiger partial charge is 0.0911 e. The van der Waals surface area contributed by atoms with Crippen molar-refractivity contribution in [3.8, 4) is 0 Å². The molecule has 0 atom stereocenters. The first-order chi connectivity index (χ1) is 4.67. The lowest BCUT2D eigenvalue weighted by atomic mass is 10.5. The van der Waals surface area contributed by atoms with E-state index in [0.29, 0.717) is 4.66 Å². The first-order valence-corrected chi connectivity index (χ1v) is 7.86. The molecule has 0 bridgehead atoms. The van der Waals surface area contributed by atoms with Gasteiger partial charge in [-0.15, -0.1) is 11.3 Å². The molecule has 0 saturated heterocycles. The first-order valence-electron chi connectivity index (χ1n) is 3.57. The van der Waals surface area contributed by atoms with Gasteiger partial charge >= 0.3 is 0 Å². The molecular weight excluding hydrogens is 190 g/mol. The van der Waals surface area contributed by atoms with Crippen LogP contribution in [-0.4, -0.2) is 35.7 Å². The molecule has 0 saturated carbocycles. The molecule has 0 fully saturated rings. The molecule has 10 heavy (non-hydrogen) atoms. The molecule has 0 amide bonds. The second kappa shape index (κ2) is 3.12. The Morgan fingerprint density at radius 2 is 2.30 bits per heavy atom. The maximum Gasteiger partial charge on any atom is 0.0911 e. The molecule has 56 valence electrons. The van der Waals surface area contributed by atoms with Gasteiger partial charge in [0, 0.05) is 42.3 Å². The standard InChI is InChI=1S/C5H13NSSi3/c8-3-5(9,10)4-6-1-2-7-4/h1-2H,3H2,8-10H3. The summed E-state index contributed by atoms with van der Waals surface area (Å²) in [6.07, 6.45) is 1.93. The highest BCUT2D eigenvalue weighted by molar-refractivity contribution is 7.10. The molecule has 1 nitrogen and oxygen atoms in total. The average Bonchev–Trinajstić information content (AvgIpc) is 2.38. The fraction of sp³-hybridized carbons (Fsp3) is 0.400. The molecule has 1 rings (SSSR count). The van der Waals surface area contributed by atoms with Crippen molar-refractivity contribution in [3.63, 3.8) is 0 Å². The maximum atomic E-state index is 4.37. The normalized spacial score (nSPS) is 17.6. The zero-order chi connectivity index (χ0) is 7.61. The van der Waals surface area contributed by atoms with Gasteiger partial charge in [-0.1, -0.05) is 6.04 Å². The molecule has 0 aliphatic heterocycles. The van der Waals surface area contributed by atoms with Crippen LogP contribution in [0.25, 0.3) is 0 Å². The van der Waals surface area contributed by atoms with Crippen molar-refractivity contribution in [2.24, 2.45) is 0 Å². The van der Waals surface area contributed by atoms with Crippen molar-refractivity contribution in [2.45, 2.75) is 10.7 Å². The largest absolute Gasteiger partial charge is 0.250 e. The lowest BCUT2D eigenvalue weighted by Gasteiger charge is -2.18. The molecule has 0 aromatic carbocycles. The van der Waals surface area contributed by atoms with Crippen molar-refractivity contribution in [3.05, 3.63) is 16.6 Å². The molecule has 1 aromatic rings. The molecule has 1 aromatic heterocycles. The monoisotopic (exact) mass is 203 g/mol. The Kier molecular flexibility index (Phi) is 2.61. The van der Waals surface area contributed by atoms with Crippen molar-refractivity contribution in [1.82, 2.24) is 4.98 Å². The van der Waals surface area contributed by atoms with E-state index in [1.807, 2.05) is 17.5 Å². The lowest BCUT2D eigenvalue weighted by molar-refractivity contribution is 0.945. The van der Waals surface area contributed by atoms with E-state index in [1.165, 1.54) is 41.8 Å². The van der Waals surface area contributed by atoms with Gasteiger partial charge in [0.2, 0.25) is 0 Å². The Labute approximate surface area is 74.5 Å². The molecule has 5 heteroatoms. The number of aromatic nitrogens is 1. The summed E-state index contributed by atoms with van der Waals surface area (Å²) in [6.45, 7) is 0. The highest BCUT2D eigenvalue weighted by atomic mass is 32.1. The van der Waals surface area contributed by atoms with E-state index in [4.69, 9.17) is 0 Å². The van der Waals surface area contributed by atoms with Crippen LogP contribution in [0.4, 0.5) is 0 Å². The highest BCUT2D eigenvalue weighted by Gasteiger charge is 2.19. The fourth-order valence-electron chi connectivity index (χ4n) is 0.709. The summed E-state index contributed by atoms with van der Waals surface area (Å²) in [5.41, 5.74) is 0. The Hall–Kier alpha value is 0.281. The van der Waals surface area contributed by atoms with E-state index in [9.17, 15) is 0 Å².